The van der Waals surface area contributed by atoms with Gasteiger partial charge in [-0.1, -0.05) is 0 Å². The van der Waals surface area contributed by atoms with E-state index in [2.05, 4.69) is 10.6 Å². The van der Waals surface area contributed by atoms with E-state index in [9.17, 15) is 14.4 Å². The van der Waals surface area contributed by atoms with E-state index in [-0.39, 0.29) is 5.91 Å². The van der Waals surface area contributed by atoms with Crippen LogP contribution in [0.15, 0.2) is 0 Å². The SMILES string of the molecule is CC(Cl)C(=O)NC(=O)N1CCNC(=O)C1C. The maximum Gasteiger partial charge on any atom is 0.324 e. The van der Waals surface area contributed by atoms with Gasteiger partial charge in [-0.05, 0) is 13.8 Å². The molecule has 0 aromatic rings. The monoisotopic (exact) mass is 247 g/mol. The van der Waals surface area contributed by atoms with Crippen molar-refractivity contribution in [1.29, 1.82) is 0 Å². The molecular formula is C9H14ClN3O3. The second-order valence-corrected chi connectivity index (χ2v) is 4.23. The molecule has 1 heterocycles. The molecule has 0 bridgehead atoms. The van der Waals surface area contributed by atoms with Gasteiger partial charge in [0.25, 0.3) is 0 Å². The first-order chi connectivity index (χ1) is 7.43. The Bertz CT molecular complexity index is 319. The molecule has 90 valence electrons. The normalized spacial score (nSPS) is 22.3. The van der Waals surface area contributed by atoms with Crippen LogP contribution in [-0.4, -0.2) is 47.3 Å². The van der Waals surface area contributed by atoms with Gasteiger partial charge in [0.2, 0.25) is 11.8 Å². The maximum atomic E-state index is 11.6. The molecule has 0 spiro atoms. The van der Waals surface area contributed by atoms with Crippen LogP contribution >= 0.6 is 11.6 Å². The molecule has 16 heavy (non-hydrogen) atoms. The summed E-state index contributed by atoms with van der Waals surface area (Å²) in [5.74, 6) is -0.794. The molecule has 1 aliphatic heterocycles. The second-order valence-electron chi connectivity index (χ2n) is 3.57. The Hall–Kier alpha value is -1.30. The number of hydrogen-bond acceptors (Lipinski definition) is 3. The Morgan fingerprint density at radius 3 is 2.81 bits per heavy atom. The highest BCUT2D eigenvalue weighted by Gasteiger charge is 2.30. The molecular weight excluding hydrogens is 234 g/mol. The number of alkyl halides is 1. The van der Waals surface area contributed by atoms with Gasteiger partial charge in [0.1, 0.15) is 11.4 Å². The number of imide groups is 1. The Morgan fingerprint density at radius 1 is 1.62 bits per heavy atom. The highest BCUT2D eigenvalue weighted by Crippen LogP contribution is 2.04. The fourth-order valence-electron chi connectivity index (χ4n) is 1.34. The van der Waals surface area contributed by atoms with Crippen molar-refractivity contribution in [1.82, 2.24) is 15.5 Å². The number of carbonyl (C=O) groups excluding carboxylic acids is 3. The molecule has 0 aromatic carbocycles. The van der Waals surface area contributed by atoms with Crippen LogP contribution in [-0.2, 0) is 9.59 Å². The smallest absolute Gasteiger partial charge is 0.324 e. The zero-order chi connectivity index (χ0) is 12.3. The van der Waals surface area contributed by atoms with Crippen molar-refractivity contribution in [3.8, 4) is 0 Å². The summed E-state index contributed by atoms with van der Waals surface area (Å²) in [6, 6.07) is -1.16. The highest BCUT2D eigenvalue weighted by atomic mass is 35.5. The van der Waals surface area contributed by atoms with Crippen LogP contribution in [0.3, 0.4) is 0 Å². The first-order valence-electron chi connectivity index (χ1n) is 4.96. The minimum Gasteiger partial charge on any atom is -0.353 e. The van der Waals surface area contributed by atoms with Crippen molar-refractivity contribution in [2.45, 2.75) is 25.3 Å². The first-order valence-corrected chi connectivity index (χ1v) is 5.40. The van der Waals surface area contributed by atoms with Gasteiger partial charge in [-0.15, -0.1) is 11.6 Å². The third-order valence-corrected chi connectivity index (χ3v) is 2.55. The van der Waals surface area contributed by atoms with Crippen molar-refractivity contribution < 1.29 is 14.4 Å². The van der Waals surface area contributed by atoms with E-state index in [1.165, 1.54) is 11.8 Å². The summed E-state index contributed by atoms with van der Waals surface area (Å²) in [6.07, 6.45) is 0. The third kappa shape index (κ3) is 2.85. The van der Waals surface area contributed by atoms with Crippen LogP contribution < -0.4 is 10.6 Å². The minimum absolute atomic E-state index is 0.229. The van der Waals surface area contributed by atoms with Crippen molar-refractivity contribution >= 4 is 29.4 Å². The van der Waals surface area contributed by atoms with Gasteiger partial charge in [0.05, 0.1) is 0 Å². The lowest BCUT2D eigenvalue weighted by atomic mass is 10.2. The molecule has 1 aliphatic rings. The highest BCUT2D eigenvalue weighted by molar-refractivity contribution is 6.31. The fraction of sp³-hybridized carbons (Fsp3) is 0.667. The van der Waals surface area contributed by atoms with Crippen LogP contribution in [0.1, 0.15) is 13.8 Å². The first kappa shape index (κ1) is 12.8. The predicted octanol–water partition coefficient (Wildman–Crippen LogP) is -0.330. The largest absolute Gasteiger partial charge is 0.353 e. The average Bonchev–Trinajstić information content (AvgIpc) is 2.21. The van der Waals surface area contributed by atoms with Gasteiger partial charge < -0.3 is 10.2 Å². The summed E-state index contributed by atoms with van der Waals surface area (Å²) >= 11 is 5.51. The van der Waals surface area contributed by atoms with E-state index in [0.29, 0.717) is 13.1 Å². The van der Waals surface area contributed by atoms with Crippen LogP contribution in [0, 0.1) is 0 Å². The van der Waals surface area contributed by atoms with Gasteiger partial charge in [0, 0.05) is 13.1 Å². The lowest BCUT2D eigenvalue weighted by molar-refractivity contribution is -0.127. The van der Waals surface area contributed by atoms with Crippen LogP contribution in [0.2, 0.25) is 0 Å². The molecule has 1 saturated heterocycles. The summed E-state index contributed by atoms with van der Waals surface area (Å²) in [7, 11) is 0. The zero-order valence-corrected chi connectivity index (χ0v) is 9.87. The molecule has 0 aliphatic carbocycles. The fourth-order valence-corrected chi connectivity index (χ4v) is 1.39. The summed E-state index contributed by atoms with van der Waals surface area (Å²) in [5, 5.41) is 3.98. The molecule has 0 saturated carbocycles. The van der Waals surface area contributed by atoms with E-state index in [1.54, 1.807) is 6.92 Å². The van der Waals surface area contributed by atoms with E-state index in [1.807, 2.05) is 0 Å². The topological polar surface area (TPSA) is 78.5 Å². The number of nitrogens with one attached hydrogen (secondary N) is 2. The quantitative estimate of drug-likeness (QED) is 0.623. The summed E-state index contributed by atoms with van der Waals surface area (Å²) < 4.78 is 0. The number of piperazine rings is 1. The lowest BCUT2D eigenvalue weighted by Crippen LogP contribution is -2.59. The van der Waals surface area contributed by atoms with Crippen LogP contribution in [0.5, 0.6) is 0 Å². The van der Waals surface area contributed by atoms with Crippen molar-refractivity contribution in [2.24, 2.45) is 0 Å². The van der Waals surface area contributed by atoms with Gasteiger partial charge in [-0.25, -0.2) is 4.79 Å². The molecule has 7 heteroatoms. The van der Waals surface area contributed by atoms with Crippen molar-refractivity contribution in [3.63, 3.8) is 0 Å². The van der Waals surface area contributed by atoms with E-state index < -0.39 is 23.4 Å². The van der Waals surface area contributed by atoms with Gasteiger partial charge >= 0.3 is 6.03 Å². The molecule has 1 fully saturated rings. The molecule has 6 nitrogen and oxygen atoms in total. The Morgan fingerprint density at radius 2 is 2.25 bits per heavy atom. The second kappa shape index (κ2) is 5.16. The third-order valence-electron chi connectivity index (χ3n) is 2.35. The molecule has 2 N–H and O–H groups in total. The number of urea groups is 1. The standard InChI is InChI=1S/C9H14ClN3O3/c1-5(10)7(14)12-9(16)13-4-3-11-8(15)6(13)2/h5-6H,3-4H2,1-2H3,(H,11,15)(H,12,14,16). The number of carbonyl (C=O) groups is 3. The Balaban J connectivity index is 2.59. The molecule has 2 unspecified atom stereocenters. The number of rotatable bonds is 1. The van der Waals surface area contributed by atoms with Crippen molar-refractivity contribution in [2.75, 3.05) is 13.1 Å². The number of hydrogen-bond donors (Lipinski definition) is 2. The lowest BCUT2D eigenvalue weighted by Gasteiger charge is -2.32. The maximum absolute atomic E-state index is 11.6. The molecule has 4 amide bonds. The summed E-state index contributed by atoms with van der Waals surface area (Å²) in [4.78, 5) is 35.4. The van der Waals surface area contributed by atoms with E-state index in [4.69, 9.17) is 11.6 Å². The Kier molecular flexibility index (Phi) is 4.12. The van der Waals surface area contributed by atoms with Gasteiger partial charge in [0.15, 0.2) is 0 Å². The number of amides is 4. The van der Waals surface area contributed by atoms with E-state index >= 15 is 0 Å². The van der Waals surface area contributed by atoms with Crippen molar-refractivity contribution in [3.05, 3.63) is 0 Å². The minimum atomic E-state index is -0.780. The molecule has 2 atom stereocenters. The summed E-state index contributed by atoms with van der Waals surface area (Å²) in [6.45, 7) is 3.84. The molecule has 0 radical (unpaired) electrons. The number of nitrogens with zero attached hydrogens (tertiary/aromatic N) is 1. The van der Waals surface area contributed by atoms with Crippen LogP contribution in [0.4, 0.5) is 4.79 Å². The zero-order valence-electron chi connectivity index (χ0n) is 9.12. The van der Waals surface area contributed by atoms with E-state index in [0.717, 1.165) is 0 Å². The number of halogens is 1. The summed E-state index contributed by atoms with van der Waals surface area (Å²) in [5.41, 5.74) is 0. The average molecular weight is 248 g/mol. The molecule has 1 rings (SSSR count). The molecule has 0 aromatic heterocycles. The Labute approximate surface area is 98.3 Å². The van der Waals surface area contributed by atoms with Crippen LogP contribution in [0.25, 0.3) is 0 Å². The van der Waals surface area contributed by atoms with Gasteiger partial charge in [-0.2, -0.15) is 0 Å². The van der Waals surface area contributed by atoms with Gasteiger partial charge in [-0.3, -0.25) is 14.9 Å². The predicted molar refractivity (Wildman–Crippen MR) is 58.0 cm³/mol.